The summed E-state index contributed by atoms with van der Waals surface area (Å²) in [6.45, 7) is 0. The van der Waals surface area contributed by atoms with Gasteiger partial charge >= 0.3 is 0 Å². The Morgan fingerprint density at radius 3 is 1.00 bits per heavy atom. The molecule has 0 fully saturated rings. The predicted molar refractivity (Wildman–Crippen MR) is 11.5 cm³/mol. The van der Waals surface area contributed by atoms with Gasteiger partial charge in [0.15, 0.2) is 0 Å². The molecular formula is BaGdLaSn. The van der Waals surface area contributed by atoms with Crippen LogP contribution in [0.1, 0.15) is 0 Å². The van der Waals surface area contributed by atoms with Crippen LogP contribution in [0.4, 0.5) is 0 Å². The van der Waals surface area contributed by atoms with Gasteiger partial charge in [-0.2, -0.15) is 0 Å². The van der Waals surface area contributed by atoms with Crippen LogP contribution in [0.15, 0.2) is 0 Å². The third-order valence-corrected chi connectivity index (χ3v) is 0. The Labute approximate surface area is 143 Å². The van der Waals surface area contributed by atoms with Crippen molar-refractivity contribution in [1.29, 1.82) is 0 Å². The van der Waals surface area contributed by atoms with Crippen LogP contribution in [0.2, 0.25) is 0 Å². The van der Waals surface area contributed by atoms with Gasteiger partial charge < -0.3 is 0 Å². The molecule has 0 bridgehead atoms. The Hall–Kier alpha value is 4.89. The molecule has 0 aromatic carbocycles. The summed E-state index contributed by atoms with van der Waals surface area (Å²) in [4.78, 5) is 0. The van der Waals surface area contributed by atoms with E-state index in [4.69, 9.17) is 0 Å². The first-order valence-corrected chi connectivity index (χ1v) is 0. The van der Waals surface area contributed by atoms with Crippen LogP contribution in [0.5, 0.6) is 0 Å². The molecule has 0 aliphatic rings. The molecule has 0 unspecified atom stereocenters. The molecule has 4 heavy (non-hydrogen) atoms. The third-order valence-electron chi connectivity index (χ3n) is 0. The van der Waals surface area contributed by atoms with E-state index in [9.17, 15) is 0 Å². The van der Waals surface area contributed by atoms with Gasteiger partial charge in [0.1, 0.15) is 0 Å². The van der Waals surface area contributed by atoms with Gasteiger partial charge in [0, 0.05) is 148 Å². The second-order valence-corrected chi connectivity index (χ2v) is 0. The second-order valence-electron chi connectivity index (χ2n) is 0. The maximum atomic E-state index is 0. The monoisotopic (exact) mass is 555 g/mol. The maximum absolute atomic E-state index is 0. The van der Waals surface area contributed by atoms with E-state index in [1.54, 1.807) is 0 Å². The molecule has 0 spiro atoms. The van der Waals surface area contributed by atoms with E-state index in [2.05, 4.69) is 0 Å². The maximum Gasteiger partial charge on any atom is 0 e. The van der Waals surface area contributed by atoms with Gasteiger partial charge in [-0.05, 0) is 0 Å². The van der Waals surface area contributed by atoms with E-state index in [-0.39, 0.29) is 148 Å². The summed E-state index contributed by atoms with van der Waals surface area (Å²) in [5.41, 5.74) is 0. The smallest absolute Gasteiger partial charge is 0 e. The van der Waals surface area contributed by atoms with E-state index >= 15 is 0 Å². The molecule has 0 heterocycles. The molecule has 0 atom stereocenters. The summed E-state index contributed by atoms with van der Waals surface area (Å²) >= 11 is 0. The summed E-state index contributed by atoms with van der Waals surface area (Å²) in [7, 11) is 0. The van der Waals surface area contributed by atoms with Crippen molar-refractivity contribution >= 4 is 72.8 Å². The van der Waals surface area contributed by atoms with E-state index in [1.807, 2.05) is 0 Å². The largest absolute Gasteiger partial charge is 0 e. The van der Waals surface area contributed by atoms with E-state index in [1.165, 1.54) is 0 Å². The molecule has 0 aromatic rings. The molecule has 0 saturated heterocycles. The second kappa shape index (κ2) is 15.7. The van der Waals surface area contributed by atoms with Crippen molar-refractivity contribution in [3.05, 3.63) is 0 Å². The molecule has 7 radical (unpaired) electrons. The van der Waals surface area contributed by atoms with Crippen LogP contribution >= 0.6 is 0 Å². The van der Waals surface area contributed by atoms with Crippen LogP contribution in [0, 0.1) is 75.5 Å². The van der Waals surface area contributed by atoms with Crippen molar-refractivity contribution in [3.8, 4) is 0 Å². The molecule has 17 valence electrons. The van der Waals surface area contributed by atoms with Gasteiger partial charge in [-0.25, -0.2) is 0 Å². The van der Waals surface area contributed by atoms with Crippen molar-refractivity contribution in [2.75, 3.05) is 0 Å². The van der Waals surface area contributed by atoms with Gasteiger partial charge in [-0.15, -0.1) is 0 Å². The standard InChI is InChI=1S/Ba.Gd.La.Sn. The van der Waals surface area contributed by atoms with Crippen LogP contribution < -0.4 is 0 Å². The minimum absolute atomic E-state index is 0. The minimum Gasteiger partial charge on any atom is 0 e. The van der Waals surface area contributed by atoms with Crippen LogP contribution in [-0.4, -0.2) is 72.8 Å². The summed E-state index contributed by atoms with van der Waals surface area (Å²) < 4.78 is 0. The predicted octanol–water partition coefficient (Wildman–Crippen LogP) is -0.762. The van der Waals surface area contributed by atoms with Crippen LogP contribution in [-0.2, 0) is 0 Å². The molecule has 0 N–H and O–H groups in total. The van der Waals surface area contributed by atoms with Crippen molar-refractivity contribution in [2.24, 2.45) is 0 Å². The molecule has 0 nitrogen and oxygen atoms in total. The van der Waals surface area contributed by atoms with Crippen molar-refractivity contribution in [1.82, 2.24) is 0 Å². The zero-order chi connectivity index (χ0) is 0. The zero-order valence-corrected chi connectivity index (χ0v) is 15.3. The molecule has 0 aliphatic heterocycles. The summed E-state index contributed by atoms with van der Waals surface area (Å²) in [5.74, 6) is 0. The van der Waals surface area contributed by atoms with E-state index in [0.717, 1.165) is 0 Å². The molecular weight excluding hydrogens is 552 g/mol. The molecule has 0 rings (SSSR count). The Kier molecular flexibility index (Phi) is 90.6. The Morgan fingerprint density at radius 2 is 1.00 bits per heavy atom. The van der Waals surface area contributed by atoms with Gasteiger partial charge in [-0.1, -0.05) is 0 Å². The van der Waals surface area contributed by atoms with E-state index in [0.29, 0.717) is 0 Å². The van der Waals surface area contributed by atoms with Crippen LogP contribution in [0.25, 0.3) is 0 Å². The third kappa shape index (κ3) is 10.00. The summed E-state index contributed by atoms with van der Waals surface area (Å²) in [5, 5.41) is 0. The van der Waals surface area contributed by atoms with Crippen LogP contribution in [0.3, 0.4) is 0 Å². The molecule has 0 saturated carbocycles. The average Bonchev–Trinajstić information content (AvgIpc) is 0. The normalized spacial score (nSPS) is 0. The fourth-order valence-corrected chi connectivity index (χ4v) is 0. The molecule has 4 heteroatoms. The Morgan fingerprint density at radius 1 is 1.00 bits per heavy atom. The van der Waals surface area contributed by atoms with Crippen molar-refractivity contribution in [3.63, 3.8) is 0 Å². The fraction of sp³-hybridized carbons (Fsp3) is 0. The van der Waals surface area contributed by atoms with E-state index < -0.39 is 0 Å². The molecule has 0 aliphatic carbocycles. The van der Waals surface area contributed by atoms with Crippen molar-refractivity contribution in [2.45, 2.75) is 0 Å². The first-order valence-electron chi connectivity index (χ1n) is 0. The van der Waals surface area contributed by atoms with Gasteiger partial charge in [-0.3, -0.25) is 0 Å². The first-order chi connectivity index (χ1) is 0. The minimum atomic E-state index is 0. The zero-order valence-electron chi connectivity index (χ0n) is 2.14. The van der Waals surface area contributed by atoms with Crippen molar-refractivity contribution < 1.29 is 75.5 Å². The summed E-state index contributed by atoms with van der Waals surface area (Å²) in [6, 6.07) is 0. The Balaban J connectivity index is 0. The fourth-order valence-electron chi connectivity index (χ4n) is 0. The van der Waals surface area contributed by atoms with Gasteiger partial charge in [0.2, 0.25) is 0 Å². The number of rotatable bonds is 0. The summed E-state index contributed by atoms with van der Waals surface area (Å²) in [6.07, 6.45) is 0. The number of hydrogen-bond donors (Lipinski definition) is 0. The topological polar surface area (TPSA) is 0 Å². The SMILES string of the molecule is [Ba].[Gd].[La].[Sn]. The first kappa shape index (κ1) is 23.1. The Bertz CT molecular complexity index is 8.00. The molecule has 0 amide bonds. The average molecular weight is 552 g/mol. The number of hydrogen-bond acceptors (Lipinski definition) is 0. The quantitative estimate of drug-likeness (QED) is 0.347. The van der Waals surface area contributed by atoms with Gasteiger partial charge in [0.05, 0.1) is 0 Å². The van der Waals surface area contributed by atoms with Gasteiger partial charge in [0.25, 0.3) is 0 Å². The molecule has 0 aromatic heterocycles.